The van der Waals surface area contributed by atoms with Gasteiger partial charge in [-0.2, -0.15) is 9.97 Å². The molecule has 0 unspecified atom stereocenters. The van der Waals surface area contributed by atoms with Gasteiger partial charge in [0.25, 0.3) is 0 Å². The Morgan fingerprint density at radius 3 is 2.70 bits per heavy atom. The van der Waals surface area contributed by atoms with E-state index in [1.54, 1.807) is 6.33 Å². The van der Waals surface area contributed by atoms with Gasteiger partial charge in [0.2, 0.25) is 5.95 Å². The maximum absolute atomic E-state index is 5.82. The van der Waals surface area contributed by atoms with Crippen molar-refractivity contribution in [3.8, 4) is 0 Å². The molecule has 3 heterocycles. The summed E-state index contributed by atoms with van der Waals surface area (Å²) in [5.74, 6) is 1.89. The lowest BCUT2D eigenvalue weighted by Crippen LogP contribution is -2.35. The average Bonchev–Trinajstić information content (AvgIpc) is 3.04. The van der Waals surface area contributed by atoms with Gasteiger partial charge in [0.1, 0.15) is 5.52 Å². The molecule has 1 fully saturated rings. The van der Waals surface area contributed by atoms with Crippen LogP contribution in [0.25, 0.3) is 11.2 Å². The fraction of sp³-hybridized carbons (Fsp3) is 0.353. The number of benzene rings is 1. The molecule has 0 radical (unpaired) electrons. The summed E-state index contributed by atoms with van der Waals surface area (Å²) in [6.07, 6.45) is 5.12. The van der Waals surface area contributed by atoms with Crippen molar-refractivity contribution in [1.82, 2.24) is 19.9 Å². The van der Waals surface area contributed by atoms with Crippen molar-refractivity contribution in [1.29, 1.82) is 0 Å². The highest BCUT2D eigenvalue weighted by Crippen LogP contribution is 2.28. The minimum atomic E-state index is 0.283. The maximum atomic E-state index is 5.82. The number of hydrogen-bond donors (Lipinski definition) is 2. The second-order valence-electron chi connectivity index (χ2n) is 6.13. The molecule has 0 amide bonds. The first-order chi connectivity index (χ1) is 11.3. The first-order valence-corrected chi connectivity index (χ1v) is 8.05. The summed E-state index contributed by atoms with van der Waals surface area (Å²) in [7, 11) is 0. The van der Waals surface area contributed by atoms with Crippen molar-refractivity contribution in [2.45, 2.75) is 19.3 Å². The molecule has 3 N–H and O–H groups in total. The molecule has 1 aliphatic rings. The lowest BCUT2D eigenvalue weighted by atomic mass is 9.90. The van der Waals surface area contributed by atoms with Crippen molar-refractivity contribution in [2.75, 3.05) is 23.7 Å². The number of anilines is 2. The topological polar surface area (TPSA) is 83.7 Å². The molecule has 4 rings (SSSR count). The molecule has 118 valence electrons. The standard InChI is InChI=1S/C17H20N6/c18-17-21-15-14(19-11-20-15)16(22-17)23-8-6-13(7-9-23)10-12-4-2-1-3-5-12/h1-5,11,13H,6-10H2,(H3,18,19,20,21,22). The Bertz CT molecular complexity index is 789. The first kappa shape index (κ1) is 14.0. The second kappa shape index (κ2) is 5.87. The Hall–Kier alpha value is -2.63. The molecule has 6 heteroatoms. The number of nitrogens with one attached hydrogen (secondary N) is 1. The number of nitrogens with two attached hydrogens (primary N) is 1. The van der Waals surface area contributed by atoms with Crippen LogP contribution in [0.15, 0.2) is 36.7 Å². The van der Waals surface area contributed by atoms with E-state index >= 15 is 0 Å². The molecule has 3 aromatic rings. The summed E-state index contributed by atoms with van der Waals surface area (Å²) in [5, 5.41) is 0. The number of hydrogen-bond acceptors (Lipinski definition) is 5. The fourth-order valence-corrected chi connectivity index (χ4v) is 3.36. The minimum absolute atomic E-state index is 0.283. The van der Waals surface area contributed by atoms with Crippen molar-refractivity contribution >= 4 is 22.9 Å². The van der Waals surface area contributed by atoms with Crippen LogP contribution in [0.5, 0.6) is 0 Å². The Kier molecular flexibility index (Phi) is 3.57. The maximum Gasteiger partial charge on any atom is 0.224 e. The van der Waals surface area contributed by atoms with Crippen LogP contribution in [-0.2, 0) is 6.42 Å². The predicted molar refractivity (Wildman–Crippen MR) is 91.2 cm³/mol. The van der Waals surface area contributed by atoms with Gasteiger partial charge >= 0.3 is 0 Å². The lowest BCUT2D eigenvalue weighted by molar-refractivity contribution is 0.402. The molecule has 0 atom stereocenters. The number of rotatable bonds is 3. The monoisotopic (exact) mass is 308 g/mol. The van der Waals surface area contributed by atoms with Crippen LogP contribution in [0, 0.1) is 5.92 Å². The van der Waals surface area contributed by atoms with Gasteiger partial charge in [0.15, 0.2) is 11.5 Å². The third kappa shape index (κ3) is 2.84. The lowest BCUT2D eigenvalue weighted by Gasteiger charge is -2.33. The van der Waals surface area contributed by atoms with Gasteiger partial charge in [-0.05, 0) is 30.7 Å². The van der Waals surface area contributed by atoms with Gasteiger partial charge in [0.05, 0.1) is 6.33 Å². The number of aromatic amines is 1. The number of nitrogen functional groups attached to an aromatic ring is 1. The van der Waals surface area contributed by atoms with E-state index in [-0.39, 0.29) is 5.95 Å². The number of fused-ring (bicyclic) bond motifs is 1. The number of aromatic nitrogens is 4. The number of nitrogens with zero attached hydrogens (tertiary/aromatic N) is 4. The molecule has 2 aromatic heterocycles. The van der Waals surface area contributed by atoms with Crippen LogP contribution in [0.4, 0.5) is 11.8 Å². The fourth-order valence-electron chi connectivity index (χ4n) is 3.36. The number of imidazole rings is 1. The third-order valence-electron chi connectivity index (χ3n) is 4.57. The molecular formula is C17H20N6. The summed E-state index contributed by atoms with van der Waals surface area (Å²) >= 11 is 0. The summed E-state index contributed by atoms with van der Waals surface area (Å²) in [4.78, 5) is 18.2. The second-order valence-corrected chi connectivity index (χ2v) is 6.13. The minimum Gasteiger partial charge on any atom is -0.368 e. The molecule has 1 saturated heterocycles. The van der Waals surface area contributed by atoms with Gasteiger partial charge in [-0.25, -0.2) is 4.98 Å². The molecule has 0 bridgehead atoms. The van der Waals surface area contributed by atoms with Gasteiger partial charge < -0.3 is 15.6 Å². The van der Waals surface area contributed by atoms with Crippen LogP contribution < -0.4 is 10.6 Å². The van der Waals surface area contributed by atoms with Crippen molar-refractivity contribution in [3.05, 3.63) is 42.2 Å². The third-order valence-corrected chi connectivity index (χ3v) is 4.57. The Balaban J connectivity index is 1.47. The first-order valence-electron chi connectivity index (χ1n) is 8.05. The average molecular weight is 308 g/mol. The zero-order valence-corrected chi connectivity index (χ0v) is 12.9. The SMILES string of the molecule is Nc1nc(N2CCC(Cc3ccccc3)CC2)c2[nH]cnc2n1. The zero-order valence-electron chi connectivity index (χ0n) is 12.9. The van der Waals surface area contributed by atoms with E-state index in [4.69, 9.17) is 5.73 Å². The highest BCUT2D eigenvalue weighted by atomic mass is 15.2. The van der Waals surface area contributed by atoms with Crippen LogP contribution in [0.2, 0.25) is 0 Å². The quantitative estimate of drug-likeness (QED) is 0.776. The molecule has 23 heavy (non-hydrogen) atoms. The van der Waals surface area contributed by atoms with Gasteiger partial charge in [-0.3, -0.25) is 0 Å². The van der Waals surface area contributed by atoms with Gasteiger partial charge in [0, 0.05) is 13.1 Å². The Labute approximate surface area is 134 Å². The molecule has 6 nitrogen and oxygen atoms in total. The van der Waals surface area contributed by atoms with E-state index in [0.717, 1.165) is 49.6 Å². The van der Waals surface area contributed by atoms with E-state index in [1.165, 1.54) is 5.56 Å². The van der Waals surface area contributed by atoms with Crippen molar-refractivity contribution in [2.24, 2.45) is 5.92 Å². The number of piperidine rings is 1. The zero-order chi connectivity index (χ0) is 15.6. The smallest absolute Gasteiger partial charge is 0.224 e. The predicted octanol–water partition coefficient (Wildman–Crippen LogP) is 2.39. The van der Waals surface area contributed by atoms with E-state index in [1.807, 2.05) is 0 Å². The molecule has 0 spiro atoms. The highest BCUT2D eigenvalue weighted by Gasteiger charge is 2.23. The molecular weight excluding hydrogens is 288 g/mol. The largest absolute Gasteiger partial charge is 0.368 e. The van der Waals surface area contributed by atoms with E-state index in [2.05, 4.69) is 55.2 Å². The van der Waals surface area contributed by atoms with Gasteiger partial charge in [-0.1, -0.05) is 30.3 Å². The molecule has 0 aliphatic carbocycles. The van der Waals surface area contributed by atoms with E-state index < -0.39 is 0 Å². The Morgan fingerprint density at radius 1 is 1.13 bits per heavy atom. The van der Waals surface area contributed by atoms with Crippen LogP contribution in [0.1, 0.15) is 18.4 Å². The summed E-state index contributed by atoms with van der Waals surface area (Å²) in [5.41, 5.74) is 8.76. The highest BCUT2D eigenvalue weighted by molar-refractivity contribution is 5.84. The summed E-state index contributed by atoms with van der Waals surface area (Å²) in [6.45, 7) is 1.98. The summed E-state index contributed by atoms with van der Waals surface area (Å²) < 4.78 is 0. The van der Waals surface area contributed by atoms with Gasteiger partial charge in [-0.15, -0.1) is 0 Å². The normalized spacial score (nSPS) is 16.1. The van der Waals surface area contributed by atoms with Crippen molar-refractivity contribution < 1.29 is 0 Å². The Morgan fingerprint density at radius 2 is 1.91 bits per heavy atom. The van der Waals surface area contributed by atoms with Crippen molar-refractivity contribution in [3.63, 3.8) is 0 Å². The van der Waals surface area contributed by atoms with Crippen LogP contribution in [-0.4, -0.2) is 33.0 Å². The number of H-pyrrole nitrogens is 1. The molecule has 1 aromatic carbocycles. The van der Waals surface area contributed by atoms with Crippen LogP contribution in [0.3, 0.4) is 0 Å². The molecule has 0 saturated carbocycles. The summed E-state index contributed by atoms with van der Waals surface area (Å²) in [6, 6.07) is 10.7. The van der Waals surface area contributed by atoms with E-state index in [0.29, 0.717) is 5.65 Å². The van der Waals surface area contributed by atoms with E-state index in [9.17, 15) is 0 Å². The van der Waals surface area contributed by atoms with Crippen LogP contribution >= 0.6 is 0 Å². The molecule has 1 aliphatic heterocycles.